The number of nitrogens with one attached hydrogen (secondary N) is 1. The van der Waals surface area contributed by atoms with Crippen molar-refractivity contribution < 1.29 is 13.2 Å². The van der Waals surface area contributed by atoms with Gasteiger partial charge < -0.3 is 5.32 Å². The molecule has 0 spiro atoms. The maximum Gasteiger partial charge on any atom is 0.446 e. The Labute approximate surface area is 141 Å². The van der Waals surface area contributed by atoms with E-state index < -0.39 is 5.51 Å². The lowest BCUT2D eigenvalue weighted by atomic mass is 10.2. The molecule has 0 bridgehead atoms. The van der Waals surface area contributed by atoms with Crippen LogP contribution in [0.2, 0.25) is 0 Å². The van der Waals surface area contributed by atoms with Crippen LogP contribution < -0.4 is 5.32 Å². The van der Waals surface area contributed by atoms with Gasteiger partial charge in [0.1, 0.15) is 0 Å². The standard InChI is InChI=1S/C14H10Br2F3NS/c15-12-6-1-9(7-13(12)16)8-20-10-2-4-11(5-3-10)21-14(17,18)19/h1-7,20H,8H2. The van der Waals surface area contributed by atoms with Crippen LogP contribution in [0.25, 0.3) is 0 Å². The maximum atomic E-state index is 12.2. The Kier molecular flexibility index (Phi) is 5.62. The summed E-state index contributed by atoms with van der Waals surface area (Å²) in [4.78, 5) is 0.180. The molecule has 0 unspecified atom stereocenters. The second-order valence-electron chi connectivity index (χ2n) is 4.17. The number of hydrogen-bond donors (Lipinski definition) is 1. The average molecular weight is 441 g/mol. The molecule has 0 radical (unpaired) electrons. The Morgan fingerprint density at radius 2 is 1.62 bits per heavy atom. The summed E-state index contributed by atoms with van der Waals surface area (Å²) in [6.07, 6.45) is 0. The smallest absolute Gasteiger partial charge is 0.381 e. The molecule has 2 aromatic rings. The lowest BCUT2D eigenvalue weighted by Gasteiger charge is -2.09. The van der Waals surface area contributed by atoms with E-state index in [9.17, 15) is 13.2 Å². The highest BCUT2D eigenvalue weighted by atomic mass is 79.9. The van der Waals surface area contributed by atoms with E-state index in [4.69, 9.17) is 0 Å². The number of hydrogen-bond acceptors (Lipinski definition) is 2. The zero-order valence-corrected chi connectivity index (χ0v) is 14.5. The Balaban J connectivity index is 1.96. The predicted octanol–water partition coefficient (Wildman–Crippen LogP) is 6.44. The van der Waals surface area contributed by atoms with Gasteiger partial charge >= 0.3 is 5.51 Å². The highest BCUT2D eigenvalue weighted by Gasteiger charge is 2.28. The van der Waals surface area contributed by atoms with Crippen molar-refractivity contribution in [2.24, 2.45) is 0 Å². The third-order valence-corrected chi connectivity index (χ3v) is 5.19. The first-order valence-electron chi connectivity index (χ1n) is 5.87. The number of alkyl halides is 3. The van der Waals surface area contributed by atoms with Crippen LogP contribution >= 0.6 is 43.6 Å². The molecule has 0 atom stereocenters. The second-order valence-corrected chi connectivity index (χ2v) is 7.02. The number of halogens is 5. The highest BCUT2D eigenvalue weighted by molar-refractivity contribution is 9.13. The van der Waals surface area contributed by atoms with Crippen molar-refractivity contribution >= 4 is 49.3 Å². The SMILES string of the molecule is FC(F)(F)Sc1ccc(NCc2ccc(Br)c(Br)c2)cc1. The van der Waals surface area contributed by atoms with Gasteiger partial charge in [-0.25, -0.2) is 0 Å². The Bertz CT molecular complexity index is 615. The van der Waals surface area contributed by atoms with Gasteiger partial charge in [0.2, 0.25) is 0 Å². The fraction of sp³-hybridized carbons (Fsp3) is 0.143. The maximum absolute atomic E-state index is 12.2. The summed E-state index contributed by atoms with van der Waals surface area (Å²) in [6, 6.07) is 12.1. The molecule has 0 amide bonds. The van der Waals surface area contributed by atoms with Crippen molar-refractivity contribution in [1.82, 2.24) is 0 Å². The molecule has 7 heteroatoms. The van der Waals surface area contributed by atoms with Gasteiger partial charge in [-0.05, 0) is 85.6 Å². The molecule has 0 aliphatic carbocycles. The molecule has 2 rings (SSSR count). The van der Waals surface area contributed by atoms with E-state index in [2.05, 4.69) is 37.2 Å². The first-order chi connectivity index (χ1) is 9.83. The highest BCUT2D eigenvalue weighted by Crippen LogP contribution is 2.37. The molecule has 0 aliphatic rings. The first-order valence-corrected chi connectivity index (χ1v) is 8.27. The zero-order chi connectivity index (χ0) is 15.5. The third-order valence-electron chi connectivity index (χ3n) is 2.57. The van der Waals surface area contributed by atoms with E-state index in [1.165, 1.54) is 12.1 Å². The topological polar surface area (TPSA) is 12.0 Å². The minimum atomic E-state index is -4.25. The van der Waals surface area contributed by atoms with Crippen LogP contribution in [0, 0.1) is 0 Å². The van der Waals surface area contributed by atoms with Gasteiger partial charge in [0.15, 0.2) is 0 Å². The average Bonchev–Trinajstić information content (AvgIpc) is 2.40. The van der Waals surface area contributed by atoms with Gasteiger partial charge in [0.25, 0.3) is 0 Å². The normalized spacial score (nSPS) is 11.5. The monoisotopic (exact) mass is 439 g/mol. The van der Waals surface area contributed by atoms with Gasteiger partial charge in [-0.15, -0.1) is 0 Å². The number of rotatable bonds is 4. The van der Waals surface area contributed by atoms with Gasteiger partial charge in [-0.3, -0.25) is 0 Å². The summed E-state index contributed by atoms with van der Waals surface area (Å²) in [7, 11) is 0. The molecule has 112 valence electrons. The third kappa shape index (κ3) is 5.56. The molecular formula is C14H10Br2F3NS. The van der Waals surface area contributed by atoms with Crippen LogP contribution in [0.15, 0.2) is 56.3 Å². The van der Waals surface area contributed by atoms with Crippen molar-refractivity contribution in [2.75, 3.05) is 5.32 Å². The summed E-state index contributed by atoms with van der Waals surface area (Å²) in [6.45, 7) is 0.595. The van der Waals surface area contributed by atoms with Crippen LogP contribution in [-0.2, 0) is 6.54 Å². The van der Waals surface area contributed by atoms with Gasteiger partial charge in [-0.2, -0.15) is 13.2 Å². The van der Waals surface area contributed by atoms with Crippen molar-refractivity contribution in [3.63, 3.8) is 0 Å². The molecule has 0 fully saturated rings. The minimum Gasteiger partial charge on any atom is -0.381 e. The van der Waals surface area contributed by atoms with E-state index in [-0.39, 0.29) is 16.7 Å². The lowest BCUT2D eigenvalue weighted by Crippen LogP contribution is -2.00. The Morgan fingerprint density at radius 1 is 0.952 bits per heavy atom. The van der Waals surface area contributed by atoms with Crippen molar-refractivity contribution in [1.29, 1.82) is 0 Å². The lowest BCUT2D eigenvalue weighted by molar-refractivity contribution is -0.0328. The zero-order valence-electron chi connectivity index (χ0n) is 10.5. The summed E-state index contributed by atoms with van der Waals surface area (Å²) < 4.78 is 38.6. The van der Waals surface area contributed by atoms with Gasteiger partial charge in [-0.1, -0.05) is 6.07 Å². The summed E-state index contributed by atoms with van der Waals surface area (Å²) in [5.41, 5.74) is -2.40. The number of benzene rings is 2. The molecule has 0 saturated carbocycles. The number of anilines is 1. The van der Waals surface area contributed by atoms with E-state index in [0.717, 1.165) is 20.2 Å². The quantitative estimate of drug-likeness (QED) is 0.549. The van der Waals surface area contributed by atoms with Crippen LogP contribution in [-0.4, -0.2) is 5.51 Å². The largest absolute Gasteiger partial charge is 0.446 e. The minimum absolute atomic E-state index is 0.112. The Morgan fingerprint density at radius 3 is 2.19 bits per heavy atom. The van der Waals surface area contributed by atoms with Crippen molar-refractivity contribution in [2.45, 2.75) is 16.9 Å². The molecule has 21 heavy (non-hydrogen) atoms. The first kappa shape index (κ1) is 16.7. The van der Waals surface area contributed by atoms with Crippen molar-refractivity contribution in [3.05, 3.63) is 57.0 Å². The van der Waals surface area contributed by atoms with Crippen LogP contribution in [0.5, 0.6) is 0 Å². The Hall–Kier alpha value is -0.660. The molecule has 0 aliphatic heterocycles. The summed E-state index contributed by atoms with van der Waals surface area (Å²) >= 11 is 6.71. The molecule has 0 saturated heterocycles. The second kappa shape index (κ2) is 7.07. The van der Waals surface area contributed by atoms with Gasteiger partial charge in [0.05, 0.1) is 0 Å². The van der Waals surface area contributed by atoms with E-state index in [0.29, 0.717) is 6.54 Å². The van der Waals surface area contributed by atoms with E-state index >= 15 is 0 Å². The van der Waals surface area contributed by atoms with Gasteiger partial charge in [0, 0.05) is 26.1 Å². The molecular weight excluding hydrogens is 431 g/mol. The number of thioether (sulfide) groups is 1. The fourth-order valence-electron chi connectivity index (χ4n) is 1.63. The van der Waals surface area contributed by atoms with Crippen LogP contribution in [0.1, 0.15) is 5.56 Å². The van der Waals surface area contributed by atoms with E-state index in [1.807, 2.05) is 18.2 Å². The molecule has 1 N–H and O–H groups in total. The van der Waals surface area contributed by atoms with Crippen LogP contribution in [0.3, 0.4) is 0 Å². The molecule has 0 aromatic heterocycles. The predicted molar refractivity (Wildman–Crippen MR) is 87.5 cm³/mol. The van der Waals surface area contributed by atoms with E-state index in [1.54, 1.807) is 12.1 Å². The summed E-state index contributed by atoms with van der Waals surface area (Å²) in [5.74, 6) is 0. The summed E-state index contributed by atoms with van der Waals surface area (Å²) in [5, 5.41) is 3.17. The molecule has 2 aromatic carbocycles. The fourth-order valence-corrected chi connectivity index (χ4v) is 2.84. The molecule has 1 nitrogen and oxygen atoms in total. The van der Waals surface area contributed by atoms with Crippen molar-refractivity contribution in [3.8, 4) is 0 Å². The van der Waals surface area contributed by atoms with Crippen LogP contribution in [0.4, 0.5) is 18.9 Å². The molecule has 0 heterocycles.